The Morgan fingerprint density at radius 2 is 1.92 bits per heavy atom. The van der Waals surface area contributed by atoms with E-state index in [9.17, 15) is 4.79 Å². The molecule has 3 heterocycles. The first-order valence-electron chi connectivity index (χ1n) is 7.98. The summed E-state index contributed by atoms with van der Waals surface area (Å²) in [5, 5.41) is 19.5. The lowest BCUT2D eigenvalue weighted by molar-refractivity contribution is -0.116. The molecule has 0 aliphatic heterocycles. The van der Waals surface area contributed by atoms with Gasteiger partial charge >= 0.3 is 0 Å². The van der Waals surface area contributed by atoms with E-state index in [2.05, 4.69) is 25.7 Å². The number of hydrogen-bond acceptors (Lipinski definition) is 6. The highest BCUT2D eigenvalue weighted by Crippen LogP contribution is 2.20. The van der Waals surface area contributed by atoms with Gasteiger partial charge in [-0.2, -0.15) is 10.2 Å². The number of rotatable bonds is 5. The maximum absolute atomic E-state index is 12.2. The Kier molecular flexibility index (Phi) is 4.39. The number of carbonyl (C=O) groups is 1. The molecule has 0 aliphatic carbocycles. The molecule has 132 valence electrons. The molecule has 0 radical (unpaired) electrons. The van der Waals surface area contributed by atoms with E-state index in [0.29, 0.717) is 18.2 Å². The summed E-state index contributed by atoms with van der Waals surface area (Å²) in [5.74, 6) is 0.705. The van der Waals surface area contributed by atoms with Crippen LogP contribution in [0.1, 0.15) is 29.4 Å². The van der Waals surface area contributed by atoms with E-state index in [1.54, 1.807) is 9.36 Å². The summed E-state index contributed by atoms with van der Waals surface area (Å²) in [4.78, 5) is 12.2. The second-order valence-electron chi connectivity index (χ2n) is 6.01. The smallest absolute Gasteiger partial charge is 0.265 e. The molecule has 9 heteroatoms. The first-order valence-corrected chi connectivity index (χ1v) is 7.98. The molecule has 0 fully saturated rings. The fourth-order valence-electron chi connectivity index (χ4n) is 2.65. The first-order chi connectivity index (χ1) is 11.8. The van der Waals surface area contributed by atoms with E-state index in [1.165, 1.54) is 0 Å². The lowest BCUT2D eigenvalue weighted by atomic mass is 10.2. The van der Waals surface area contributed by atoms with Crippen LogP contribution in [0.4, 0.5) is 5.69 Å². The van der Waals surface area contributed by atoms with E-state index in [0.717, 1.165) is 28.5 Å². The van der Waals surface area contributed by atoms with Crippen molar-refractivity contribution < 1.29 is 9.21 Å². The third-order valence-corrected chi connectivity index (χ3v) is 4.03. The van der Waals surface area contributed by atoms with E-state index in [4.69, 9.17) is 4.42 Å². The second kappa shape index (κ2) is 6.50. The lowest BCUT2D eigenvalue weighted by Gasteiger charge is -2.04. The van der Waals surface area contributed by atoms with Gasteiger partial charge < -0.3 is 9.73 Å². The molecule has 0 atom stereocenters. The first kappa shape index (κ1) is 16.9. The second-order valence-corrected chi connectivity index (χ2v) is 6.01. The number of nitrogens with one attached hydrogen (secondary N) is 1. The predicted octanol–water partition coefficient (Wildman–Crippen LogP) is 1.70. The minimum atomic E-state index is -0.115. The standard InChI is InChI=1S/C16H21N7O2/c1-9-8-12(23(5)20-9)16-19-18-14(25-16)7-6-13(24)17-15-10(2)21-22(4)11(15)3/h8H,6-7H2,1-5H3,(H,17,24). The number of aryl methyl sites for hydroxylation is 5. The zero-order chi connectivity index (χ0) is 18.1. The number of hydrogen-bond donors (Lipinski definition) is 1. The van der Waals surface area contributed by atoms with Crippen molar-refractivity contribution in [3.8, 4) is 11.6 Å². The van der Waals surface area contributed by atoms with Gasteiger partial charge in [0.2, 0.25) is 11.8 Å². The van der Waals surface area contributed by atoms with E-state index in [-0.39, 0.29) is 12.3 Å². The van der Waals surface area contributed by atoms with Crippen molar-refractivity contribution in [3.63, 3.8) is 0 Å². The van der Waals surface area contributed by atoms with Gasteiger partial charge in [0, 0.05) is 26.9 Å². The number of carbonyl (C=O) groups excluding carboxylic acids is 1. The molecule has 1 amide bonds. The Balaban J connectivity index is 1.62. The van der Waals surface area contributed by atoms with E-state index in [1.807, 2.05) is 40.9 Å². The van der Waals surface area contributed by atoms with Gasteiger partial charge in [0.1, 0.15) is 5.69 Å². The molecule has 3 rings (SSSR count). The number of anilines is 1. The van der Waals surface area contributed by atoms with Gasteiger partial charge in [-0.25, -0.2) is 0 Å². The van der Waals surface area contributed by atoms with Crippen LogP contribution in [-0.4, -0.2) is 35.7 Å². The molecule has 0 spiro atoms. The fraction of sp³-hybridized carbons (Fsp3) is 0.438. The molecule has 25 heavy (non-hydrogen) atoms. The minimum Gasteiger partial charge on any atom is -0.419 e. The maximum atomic E-state index is 12.2. The normalized spacial score (nSPS) is 11.1. The highest BCUT2D eigenvalue weighted by molar-refractivity contribution is 5.91. The minimum absolute atomic E-state index is 0.115. The van der Waals surface area contributed by atoms with Crippen LogP contribution in [0, 0.1) is 20.8 Å². The molecule has 0 saturated heterocycles. The van der Waals surface area contributed by atoms with Gasteiger partial charge in [-0.15, -0.1) is 10.2 Å². The van der Waals surface area contributed by atoms with Crippen LogP contribution in [-0.2, 0) is 25.3 Å². The largest absolute Gasteiger partial charge is 0.419 e. The van der Waals surface area contributed by atoms with Crippen LogP contribution in [0.5, 0.6) is 0 Å². The van der Waals surface area contributed by atoms with Crippen molar-refractivity contribution in [2.45, 2.75) is 33.6 Å². The van der Waals surface area contributed by atoms with Crippen molar-refractivity contribution in [2.24, 2.45) is 14.1 Å². The molecule has 3 aromatic heterocycles. The van der Waals surface area contributed by atoms with Crippen LogP contribution >= 0.6 is 0 Å². The van der Waals surface area contributed by atoms with Crippen molar-refractivity contribution in [1.29, 1.82) is 0 Å². The van der Waals surface area contributed by atoms with Crippen LogP contribution < -0.4 is 5.32 Å². The van der Waals surface area contributed by atoms with Gasteiger partial charge in [0.05, 0.1) is 22.8 Å². The predicted molar refractivity (Wildman–Crippen MR) is 90.9 cm³/mol. The Morgan fingerprint density at radius 1 is 1.16 bits per heavy atom. The molecule has 0 unspecified atom stereocenters. The number of nitrogens with zero attached hydrogens (tertiary/aromatic N) is 6. The zero-order valence-corrected chi connectivity index (χ0v) is 15.0. The topological polar surface area (TPSA) is 104 Å². The zero-order valence-electron chi connectivity index (χ0n) is 15.0. The van der Waals surface area contributed by atoms with Crippen molar-refractivity contribution >= 4 is 11.6 Å². The van der Waals surface area contributed by atoms with Crippen molar-refractivity contribution in [3.05, 3.63) is 29.0 Å². The van der Waals surface area contributed by atoms with Gasteiger partial charge in [0.15, 0.2) is 0 Å². The summed E-state index contributed by atoms with van der Waals surface area (Å²) in [6, 6.07) is 1.87. The SMILES string of the molecule is Cc1cc(-c2nnc(CCC(=O)Nc3c(C)nn(C)c3C)o2)n(C)n1. The molecular weight excluding hydrogens is 322 g/mol. The van der Waals surface area contributed by atoms with Gasteiger partial charge in [-0.3, -0.25) is 14.2 Å². The van der Waals surface area contributed by atoms with Gasteiger partial charge in [-0.05, 0) is 26.8 Å². The summed E-state index contributed by atoms with van der Waals surface area (Å²) in [6.07, 6.45) is 0.619. The van der Waals surface area contributed by atoms with Crippen LogP contribution in [0.15, 0.2) is 10.5 Å². The lowest BCUT2D eigenvalue weighted by Crippen LogP contribution is -2.13. The summed E-state index contributed by atoms with van der Waals surface area (Å²) in [6.45, 7) is 5.67. The average Bonchev–Trinajstić information content (AvgIpc) is 3.20. The summed E-state index contributed by atoms with van der Waals surface area (Å²) < 4.78 is 9.07. The van der Waals surface area contributed by atoms with Crippen LogP contribution in [0.2, 0.25) is 0 Å². The number of aromatic nitrogens is 6. The Hall–Kier alpha value is -2.97. The summed E-state index contributed by atoms with van der Waals surface area (Å²) >= 11 is 0. The van der Waals surface area contributed by atoms with Crippen molar-refractivity contribution in [1.82, 2.24) is 29.8 Å². The molecule has 0 aromatic carbocycles. The van der Waals surface area contributed by atoms with Gasteiger partial charge in [-0.1, -0.05) is 0 Å². The van der Waals surface area contributed by atoms with Crippen molar-refractivity contribution in [2.75, 3.05) is 5.32 Å². The van der Waals surface area contributed by atoms with E-state index < -0.39 is 0 Å². The van der Waals surface area contributed by atoms with Crippen LogP contribution in [0.3, 0.4) is 0 Å². The maximum Gasteiger partial charge on any atom is 0.265 e. The highest BCUT2D eigenvalue weighted by atomic mass is 16.4. The van der Waals surface area contributed by atoms with E-state index >= 15 is 0 Å². The Morgan fingerprint density at radius 3 is 2.52 bits per heavy atom. The van der Waals surface area contributed by atoms with Crippen LogP contribution in [0.25, 0.3) is 11.6 Å². The molecule has 3 aromatic rings. The average molecular weight is 343 g/mol. The number of amides is 1. The fourth-order valence-corrected chi connectivity index (χ4v) is 2.65. The Labute approximate surface area is 145 Å². The molecule has 9 nitrogen and oxygen atoms in total. The molecule has 1 N–H and O–H groups in total. The third-order valence-electron chi connectivity index (χ3n) is 4.03. The molecule has 0 aliphatic rings. The highest BCUT2D eigenvalue weighted by Gasteiger charge is 2.16. The molecule has 0 bridgehead atoms. The molecular formula is C16H21N7O2. The summed E-state index contributed by atoms with van der Waals surface area (Å²) in [5.41, 5.74) is 4.09. The van der Waals surface area contributed by atoms with Gasteiger partial charge in [0.25, 0.3) is 5.89 Å². The Bertz CT molecular complexity index is 919. The summed E-state index contributed by atoms with van der Waals surface area (Å²) in [7, 11) is 3.66. The monoisotopic (exact) mass is 343 g/mol. The molecule has 0 saturated carbocycles. The quantitative estimate of drug-likeness (QED) is 0.756. The third kappa shape index (κ3) is 3.44.